The molecule has 1 amide bonds. The van der Waals surface area contributed by atoms with Crippen molar-refractivity contribution in [1.29, 1.82) is 0 Å². The number of nitrogens with one attached hydrogen (secondary N) is 2. The van der Waals surface area contributed by atoms with Gasteiger partial charge in [0, 0.05) is 12.2 Å². The first-order valence-electron chi connectivity index (χ1n) is 5.60. The summed E-state index contributed by atoms with van der Waals surface area (Å²) >= 11 is 0. The van der Waals surface area contributed by atoms with Gasteiger partial charge in [0.1, 0.15) is 6.61 Å². The van der Waals surface area contributed by atoms with Gasteiger partial charge in [-0.15, -0.1) is 0 Å². The van der Waals surface area contributed by atoms with Gasteiger partial charge in [0.25, 0.3) is 6.43 Å². The summed E-state index contributed by atoms with van der Waals surface area (Å²) in [5, 5.41) is 5.49. The van der Waals surface area contributed by atoms with E-state index in [0.29, 0.717) is 0 Å². The van der Waals surface area contributed by atoms with Crippen LogP contribution in [-0.4, -0.2) is 38.6 Å². The van der Waals surface area contributed by atoms with Crippen molar-refractivity contribution in [3.63, 3.8) is 0 Å². The SMILES string of the molecule is O=C(CNc1ccccc1)NCCOCC(F)F. The molecule has 0 spiro atoms. The van der Waals surface area contributed by atoms with Crippen molar-refractivity contribution in [2.75, 3.05) is 31.6 Å². The van der Waals surface area contributed by atoms with Gasteiger partial charge >= 0.3 is 0 Å². The molecule has 1 aromatic rings. The molecule has 0 unspecified atom stereocenters. The van der Waals surface area contributed by atoms with Crippen LogP contribution >= 0.6 is 0 Å². The quantitative estimate of drug-likeness (QED) is 0.695. The predicted molar refractivity (Wildman–Crippen MR) is 64.8 cm³/mol. The van der Waals surface area contributed by atoms with Crippen molar-refractivity contribution in [2.24, 2.45) is 0 Å². The van der Waals surface area contributed by atoms with E-state index in [-0.39, 0.29) is 25.6 Å². The van der Waals surface area contributed by atoms with E-state index >= 15 is 0 Å². The molecule has 100 valence electrons. The topological polar surface area (TPSA) is 50.4 Å². The summed E-state index contributed by atoms with van der Waals surface area (Å²) < 4.78 is 28.0. The fraction of sp³-hybridized carbons (Fsp3) is 0.417. The van der Waals surface area contributed by atoms with Gasteiger partial charge in [-0.1, -0.05) is 18.2 Å². The normalized spacial score (nSPS) is 10.4. The zero-order valence-electron chi connectivity index (χ0n) is 9.86. The number of rotatable bonds is 8. The molecular weight excluding hydrogens is 242 g/mol. The summed E-state index contributed by atoms with van der Waals surface area (Å²) in [7, 11) is 0. The second-order valence-electron chi connectivity index (χ2n) is 3.54. The third kappa shape index (κ3) is 6.80. The van der Waals surface area contributed by atoms with Gasteiger partial charge in [0.15, 0.2) is 0 Å². The van der Waals surface area contributed by atoms with Crippen molar-refractivity contribution in [3.05, 3.63) is 30.3 Å². The minimum atomic E-state index is -2.47. The Bertz CT molecular complexity index is 347. The molecule has 0 aromatic heterocycles. The highest BCUT2D eigenvalue weighted by Gasteiger charge is 2.02. The van der Waals surface area contributed by atoms with E-state index in [9.17, 15) is 13.6 Å². The summed E-state index contributed by atoms with van der Waals surface area (Å²) in [4.78, 5) is 11.3. The molecule has 0 aliphatic rings. The summed E-state index contributed by atoms with van der Waals surface area (Å²) in [5.41, 5.74) is 0.849. The average Bonchev–Trinajstić information content (AvgIpc) is 2.37. The summed E-state index contributed by atoms with van der Waals surface area (Å²) in [5.74, 6) is -0.209. The molecule has 0 saturated carbocycles. The molecule has 0 aliphatic carbocycles. The number of amides is 1. The fourth-order valence-corrected chi connectivity index (χ4v) is 1.24. The summed E-state index contributed by atoms with van der Waals surface area (Å²) in [6.45, 7) is -0.152. The van der Waals surface area contributed by atoms with Crippen LogP contribution in [-0.2, 0) is 9.53 Å². The number of carbonyl (C=O) groups excluding carboxylic acids is 1. The Morgan fingerprint density at radius 2 is 2.00 bits per heavy atom. The number of hydrogen-bond acceptors (Lipinski definition) is 3. The molecule has 4 nitrogen and oxygen atoms in total. The highest BCUT2D eigenvalue weighted by Crippen LogP contribution is 2.03. The van der Waals surface area contributed by atoms with Crippen molar-refractivity contribution < 1.29 is 18.3 Å². The van der Waals surface area contributed by atoms with Gasteiger partial charge < -0.3 is 15.4 Å². The Morgan fingerprint density at radius 3 is 2.67 bits per heavy atom. The fourth-order valence-electron chi connectivity index (χ4n) is 1.24. The molecule has 0 saturated heterocycles. The van der Waals surface area contributed by atoms with Gasteiger partial charge in [-0.2, -0.15) is 0 Å². The Morgan fingerprint density at radius 1 is 1.28 bits per heavy atom. The summed E-state index contributed by atoms with van der Waals surface area (Å²) in [6, 6.07) is 9.29. The van der Waals surface area contributed by atoms with E-state index in [0.717, 1.165) is 5.69 Å². The van der Waals surface area contributed by atoms with Crippen LogP contribution in [0.15, 0.2) is 30.3 Å². The van der Waals surface area contributed by atoms with Gasteiger partial charge in [-0.05, 0) is 12.1 Å². The third-order valence-electron chi connectivity index (χ3n) is 2.04. The Labute approximate surface area is 104 Å². The molecule has 0 heterocycles. The molecule has 0 radical (unpaired) electrons. The third-order valence-corrected chi connectivity index (χ3v) is 2.04. The van der Waals surface area contributed by atoms with E-state index in [1.807, 2.05) is 30.3 Å². The van der Waals surface area contributed by atoms with Crippen molar-refractivity contribution >= 4 is 11.6 Å². The van der Waals surface area contributed by atoms with E-state index in [1.165, 1.54) is 0 Å². The maximum atomic E-state index is 11.7. The van der Waals surface area contributed by atoms with Gasteiger partial charge in [-0.25, -0.2) is 8.78 Å². The minimum Gasteiger partial charge on any atom is -0.376 e. The molecule has 18 heavy (non-hydrogen) atoms. The molecule has 0 atom stereocenters. The van der Waals surface area contributed by atoms with Crippen LogP contribution in [0.4, 0.5) is 14.5 Å². The molecule has 0 bridgehead atoms. The zero-order valence-corrected chi connectivity index (χ0v) is 9.86. The monoisotopic (exact) mass is 258 g/mol. The number of hydrogen-bond donors (Lipinski definition) is 2. The highest BCUT2D eigenvalue weighted by molar-refractivity contribution is 5.80. The van der Waals surface area contributed by atoms with E-state index in [1.54, 1.807) is 0 Å². The van der Waals surface area contributed by atoms with Crippen molar-refractivity contribution in [2.45, 2.75) is 6.43 Å². The van der Waals surface area contributed by atoms with Crippen LogP contribution in [0.3, 0.4) is 0 Å². The second kappa shape index (κ2) is 8.41. The maximum absolute atomic E-state index is 11.7. The molecule has 6 heteroatoms. The lowest BCUT2D eigenvalue weighted by Crippen LogP contribution is -2.32. The first kappa shape index (κ1) is 14.4. The largest absolute Gasteiger partial charge is 0.376 e. The van der Waals surface area contributed by atoms with Crippen LogP contribution in [0.1, 0.15) is 0 Å². The Hall–Kier alpha value is -1.69. The first-order valence-corrected chi connectivity index (χ1v) is 5.60. The lowest BCUT2D eigenvalue weighted by molar-refractivity contribution is -0.119. The lowest BCUT2D eigenvalue weighted by Gasteiger charge is -2.08. The number of benzene rings is 1. The average molecular weight is 258 g/mol. The number of carbonyl (C=O) groups is 1. The van der Waals surface area contributed by atoms with E-state index < -0.39 is 13.0 Å². The lowest BCUT2D eigenvalue weighted by atomic mass is 10.3. The molecule has 0 aliphatic heterocycles. The zero-order chi connectivity index (χ0) is 13.2. The van der Waals surface area contributed by atoms with E-state index in [2.05, 4.69) is 15.4 Å². The van der Waals surface area contributed by atoms with Crippen LogP contribution in [0, 0.1) is 0 Å². The molecule has 0 fully saturated rings. The second-order valence-corrected chi connectivity index (χ2v) is 3.54. The number of anilines is 1. The van der Waals surface area contributed by atoms with Crippen LogP contribution in [0.25, 0.3) is 0 Å². The first-order chi connectivity index (χ1) is 8.68. The van der Waals surface area contributed by atoms with E-state index in [4.69, 9.17) is 0 Å². The van der Waals surface area contributed by atoms with Crippen molar-refractivity contribution in [3.8, 4) is 0 Å². The van der Waals surface area contributed by atoms with Crippen LogP contribution in [0.5, 0.6) is 0 Å². The smallest absolute Gasteiger partial charge is 0.261 e. The number of para-hydroxylation sites is 1. The van der Waals surface area contributed by atoms with Crippen molar-refractivity contribution in [1.82, 2.24) is 5.32 Å². The predicted octanol–water partition coefficient (Wildman–Crippen LogP) is 1.50. The van der Waals surface area contributed by atoms with Crippen LogP contribution in [0.2, 0.25) is 0 Å². The summed E-state index contributed by atoms with van der Waals surface area (Å²) in [6.07, 6.45) is -2.47. The van der Waals surface area contributed by atoms with Gasteiger partial charge in [-0.3, -0.25) is 4.79 Å². The Balaban J connectivity index is 2.04. The molecule has 1 aromatic carbocycles. The van der Waals surface area contributed by atoms with Crippen LogP contribution < -0.4 is 10.6 Å². The maximum Gasteiger partial charge on any atom is 0.261 e. The number of alkyl halides is 2. The molecule has 2 N–H and O–H groups in total. The molecular formula is C12H16F2N2O2. The standard InChI is InChI=1S/C12H16F2N2O2/c13-11(14)9-18-7-6-15-12(17)8-16-10-4-2-1-3-5-10/h1-5,11,16H,6-9H2,(H,15,17). The van der Waals surface area contributed by atoms with Gasteiger partial charge in [0.2, 0.25) is 5.91 Å². The number of halogens is 2. The Kier molecular flexibility index (Phi) is 6.71. The minimum absolute atomic E-state index is 0.0847. The number of ether oxygens (including phenoxy) is 1. The molecule has 1 rings (SSSR count). The highest BCUT2D eigenvalue weighted by atomic mass is 19.3. The van der Waals surface area contributed by atoms with Gasteiger partial charge in [0.05, 0.1) is 13.2 Å².